The van der Waals surface area contributed by atoms with Gasteiger partial charge in [-0.05, 0) is 26.7 Å². The summed E-state index contributed by atoms with van der Waals surface area (Å²) >= 11 is 0. The Hall–Kier alpha value is -2.36. The van der Waals surface area contributed by atoms with Crippen molar-refractivity contribution in [3.8, 4) is 5.88 Å². The highest BCUT2D eigenvalue weighted by Gasteiger charge is 2.30. The van der Waals surface area contributed by atoms with Gasteiger partial charge in [0.15, 0.2) is 0 Å². The minimum absolute atomic E-state index is 0.0217. The number of nitrogens with zero attached hydrogens (tertiary/aromatic N) is 3. The molecule has 134 valence electrons. The van der Waals surface area contributed by atoms with Gasteiger partial charge in [0, 0.05) is 25.7 Å². The summed E-state index contributed by atoms with van der Waals surface area (Å²) in [6.45, 7) is 4.69. The Labute approximate surface area is 138 Å². The minimum Gasteiger partial charge on any atom is -0.472 e. The van der Waals surface area contributed by atoms with Crippen molar-refractivity contribution >= 4 is 11.8 Å². The number of carbonyl (C=O) groups is 1. The van der Waals surface area contributed by atoms with E-state index in [1.807, 2.05) is 0 Å². The van der Waals surface area contributed by atoms with E-state index in [-0.39, 0.29) is 30.3 Å². The molecule has 10 nitrogen and oxygen atoms in total. The molecule has 0 spiro atoms. The summed E-state index contributed by atoms with van der Waals surface area (Å²) in [4.78, 5) is 21.4. The molecule has 1 saturated heterocycles. The predicted molar refractivity (Wildman–Crippen MR) is 83.4 cm³/mol. The van der Waals surface area contributed by atoms with E-state index in [2.05, 4.69) is 10.4 Å². The van der Waals surface area contributed by atoms with Gasteiger partial charge in [-0.1, -0.05) is 0 Å². The SMILES string of the molecule is Cc1c([N+](=O)[O-])c(OCCC(C)NC(=O)O)nn1C1CCOCC1. The fraction of sp³-hybridized carbons (Fsp3) is 0.714. The molecule has 1 aromatic heterocycles. The molecule has 10 heteroatoms. The van der Waals surface area contributed by atoms with Crippen molar-refractivity contribution < 1.29 is 24.3 Å². The van der Waals surface area contributed by atoms with Crippen LogP contribution >= 0.6 is 0 Å². The van der Waals surface area contributed by atoms with Gasteiger partial charge in [0.05, 0.1) is 17.6 Å². The van der Waals surface area contributed by atoms with E-state index in [9.17, 15) is 14.9 Å². The van der Waals surface area contributed by atoms with E-state index in [1.54, 1.807) is 18.5 Å². The van der Waals surface area contributed by atoms with E-state index >= 15 is 0 Å². The van der Waals surface area contributed by atoms with Crippen LogP contribution in [0.25, 0.3) is 0 Å². The molecule has 0 radical (unpaired) electrons. The van der Waals surface area contributed by atoms with Gasteiger partial charge < -0.3 is 19.9 Å². The smallest absolute Gasteiger partial charge is 0.404 e. The van der Waals surface area contributed by atoms with Crippen LogP contribution in [0.5, 0.6) is 5.88 Å². The monoisotopic (exact) mass is 342 g/mol. The molecule has 0 saturated carbocycles. The van der Waals surface area contributed by atoms with Gasteiger partial charge in [-0.2, -0.15) is 0 Å². The Bertz CT molecular complexity index is 596. The zero-order chi connectivity index (χ0) is 17.7. The van der Waals surface area contributed by atoms with Crippen LogP contribution in [0.2, 0.25) is 0 Å². The molecule has 1 aliphatic rings. The largest absolute Gasteiger partial charge is 0.472 e. The maximum atomic E-state index is 11.3. The number of carboxylic acid groups (broad SMARTS) is 1. The number of hydrogen-bond donors (Lipinski definition) is 2. The molecule has 0 bridgehead atoms. The third-order valence-corrected chi connectivity index (χ3v) is 3.97. The molecule has 2 N–H and O–H groups in total. The molecule has 1 aromatic rings. The van der Waals surface area contributed by atoms with Crippen molar-refractivity contribution in [2.24, 2.45) is 0 Å². The fourth-order valence-corrected chi connectivity index (χ4v) is 2.69. The maximum Gasteiger partial charge on any atom is 0.404 e. The minimum atomic E-state index is -1.12. The Morgan fingerprint density at radius 1 is 1.58 bits per heavy atom. The summed E-state index contributed by atoms with van der Waals surface area (Å²) in [6, 6.07) is -0.261. The first-order chi connectivity index (χ1) is 11.4. The van der Waals surface area contributed by atoms with Crippen molar-refractivity contribution in [3.63, 3.8) is 0 Å². The Morgan fingerprint density at radius 2 is 2.25 bits per heavy atom. The number of nitro groups is 1. The average Bonchev–Trinajstić information content (AvgIpc) is 2.84. The van der Waals surface area contributed by atoms with Gasteiger partial charge in [-0.25, -0.2) is 4.79 Å². The number of aromatic nitrogens is 2. The van der Waals surface area contributed by atoms with E-state index in [0.717, 1.165) is 12.8 Å². The van der Waals surface area contributed by atoms with Crippen LogP contribution in [-0.2, 0) is 4.74 Å². The third kappa shape index (κ3) is 4.34. The lowest BCUT2D eigenvalue weighted by Crippen LogP contribution is -2.32. The second-order valence-electron chi connectivity index (χ2n) is 5.77. The van der Waals surface area contributed by atoms with Gasteiger partial charge >= 0.3 is 17.7 Å². The van der Waals surface area contributed by atoms with Gasteiger partial charge in [0.1, 0.15) is 5.69 Å². The van der Waals surface area contributed by atoms with Crippen molar-refractivity contribution in [2.45, 2.75) is 45.2 Å². The Morgan fingerprint density at radius 3 is 2.83 bits per heavy atom. The molecule has 1 atom stereocenters. The lowest BCUT2D eigenvalue weighted by Gasteiger charge is -2.22. The second kappa shape index (κ2) is 7.95. The van der Waals surface area contributed by atoms with E-state index in [1.165, 1.54) is 0 Å². The number of ether oxygens (including phenoxy) is 2. The van der Waals surface area contributed by atoms with Gasteiger partial charge in [-0.3, -0.25) is 14.8 Å². The molecule has 1 aliphatic heterocycles. The summed E-state index contributed by atoms with van der Waals surface area (Å²) in [5.74, 6) is -0.0217. The summed E-state index contributed by atoms with van der Waals surface area (Å²) in [5, 5.41) is 26.5. The summed E-state index contributed by atoms with van der Waals surface area (Å²) in [5.41, 5.74) is 0.318. The zero-order valence-corrected chi connectivity index (χ0v) is 13.7. The van der Waals surface area contributed by atoms with Crippen LogP contribution in [0.15, 0.2) is 0 Å². The first kappa shape index (κ1) is 18.0. The molecular formula is C14H22N4O6. The number of amides is 1. The molecule has 2 heterocycles. The van der Waals surface area contributed by atoms with Crippen molar-refractivity contribution in [1.29, 1.82) is 0 Å². The molecule has 1 amide bonds. The Balaban J connectivity index is 2.07. The number of hydrogen-bond acceptors (Lipinski definition) is 6. The normalized spacial score (nSPS) is 16.6. The highest BCUT2D eigenvalue weighted by molar-refractivity contribution is 5.64. The standard InChI is InChI=1S/C14H22N4O6/c1-9(15-14(19)20)3-8-24-13-12(18(21)22)10(2)17(16-13)11-4-6-23-7-5-11/h9,11,15H,3-8H2,1-2H3,(H,19,20). The highest BCUT2D eigenvalue weighted by atomic mass is 16.6. The van der Waals surface area contributed by atoms with Crippen molar-refractivity contribution in [2.75, 3.05) is 19.8 Å². The lowest BCUT2D eigenvalue weighted by molar-refractivity contribution is -0.386. The molecule has 2 rings (SSSR count). The maximum absolute atomic E-state index is 11.3. The molecule has 0 aromatic carbocycles. The lowest BCUT2D eigenvalue weighted by atomic mass is 10.1. The van der Waals surface area contributed by atoms with Crippen LogP contribution in [0.4, 0.5) is 10.5 Å². The number of rotatable bonds is 7. The highest BCUT2D eigenvalue weighted by Crippen LogP contribution is 2.34. The van der Waals surface area contributed by atoms with Gasteiger partial charge in [0.2, 0.25) is 0 Å². The van der Waals surface area contributed by atoms with Crippen LogP contribution in [0.3, 0.4) is 0 Å². The fourth-order valence-electron chi connectivity index (χ4n) is 2.69. The summed E-state index contributed by atoms with van der Waals surface area (Å²) in [7, 11) is 0. The van der Waals surface area contributed by atoms with Crippen molar-refractivity contribution in [3.05, 3.63) is 15.8 Å². The average molecular weight is 342 g/mol. The molecule has 24 heavy (non-hydrogen) atoms. The van der Waals surface area contributed by atoms with E-state index in [0.29, 0.717) is 25.3 Å². The summed E-state index contributed by atoms with van der Waals surface area (Å²) in [6.07, 6.45) is 0.761. The van der Waals surface area contributed by atoms with Crippen molar-refractivity contribution in [1.82, 2.24) is 15.1 Å². The molecule has 0 aliphatic carbocycles. The number of nitrogens with one attached hydrogen (secondary N) is 1. The van der Waals surface area contributed by atoms with E-state index < -0.39 is 11.0 Å². The van der Waals surface area contributed by atoms with Gasteiger partial charge in [-0.15, -0.1) is 5.10 Å². The van der Waals surface area contributed by atoms with Crippen LogP contribution in [-0.4, -0.2) is 51.8 Å². The molecular weight excluding hydrogens is 320 g/mol. The molecule has 1 fully saturated rings. The van der Waals surface area contributed by atoms with Crippen LogP contribution < -0.4 is 10.1 Å². The van der Waals surface area contributed by atoms with Crippen LogP contribution in [0, 0.1) is 17.0 Å². The molecule has 1 unspecified atom stereocenters. The topological polar surface area (TPSA) is 129 Å². The second-order valence-corrected chi connectivity index (χ2v) is 5.77. The van der Waals surface area contributed by atoms with Gasteiger partial charge in [0.25, 0.3) is 0 Å². The third-order valence-electron chi connectivity index (χ3n) is 3.97. The van der Waals surface area contributed by atoms with Crippen LogP contribution in [0.1, 0.15) is 37.9 Å². The predicted octanol–water partition coefficient (Wildman–Crippen LogP) is 1.88. The zero-order valence-electron chi connectivity index (χ0n) is 13.7. The van der Waals surface area contributed by atoms with E-state index in [4.69, 9.17) is 14.6 Å². The first-order valence-electron chi connectivity index (χ1n) is 7.83. The quantitative estimate of drug-likeness (QED) is 0.571. The summed E-state index contributed by atoms with van der Waals surface area (Å²) < 4.78 is 12.4. The first-order valence-corrected chi connectivity index (χ1v) is 7.83. The Kier molecular flexibility index (Phi) is 5.96.